The van der Waals surface area contributed by atoms with Crippen LogP contribution in [0.1, 0.15) is 18.1 Å². The largest absolute Gasteiger partial charge is 0.496 e. The molecule has 0 fully saturated rings. The van der Waals surface area contributed by atoms with Gasteiger partial charge in [0.15, 0.2) is 5.13 Å². The van der Waals surface area contributed by atoms with Gasteiger partial charge in [0.05, 0.1) is 18.3 Å². The summed E-state index contributed by atoms with van der Waals surface area (Å²) in [6, 6.07) is 16.3. The van der Waals surface area contributed by atoms with Crippen molar-refractivity contribution in [2.75, 3.05) is 12.4 Å². The third kappa shape index (κ3) is 4.09. The predicted octanol–water partition coefficient (Wildman–Crippen LogP) is 6.98. The monoisotopic (exact) mass is 499 g/mol. The van der Waals surface area contributed by atoms with Gasteiger partial charge in [-0.15, -0.1) is 0 Å². The molecule has 8 nitrogen and oxygen atoms in total. The highest BCUT2D eigenvalue weighted by Crippen LogP contribution is 2.42. The SMILES string of the molecule is COc1c(/C(C)=C/C(=O)Nc2ncc([N+](=O)[O-])s2)cc2c(-c3cccc4ccccc34)coc2c1C. The van der Waals surface area contributed by atoms with Crippen LogP contribution in [0.3, 0.4) is 0 Å². The first-order valence-corrected chi connectivity index (χ1v) is 11.9. The van der Waals surface area contributed by atoms with Gasteiger partial charge < -0.3 is 9.15 Å². The number of methoxy groups -OCH3 is 1. The van der Waals surface area contributed by atoms with E-state index in [-0.39, 0.29) is 10.1 Å². The van der Waals surface area contributed by atoms with Crippen molar-refractivity contribution < 1.29 is 18.9 Å². The lowest BCUT2D eigenvalue weighted by Gasteiger charge is -2.13. The molecule has 2 heterocycles. The number of hydrogen-bond donors (Lipinski definition) is 1. The number of benzene rings is 3. The first-order valence-electron chi connectivity index (χ1n) is 11.0. The first-order chi connectivity index (χ1) is 17.4. The molecule has 5 aromatic rings. The molecule has 36 heavy (non-hydrogen) atoms. The molecule has 180 valence electrons. The lowest BCUT2D eigenvalue weighted by Crippen LogP contribution is -2.08. The Kier molecular flexibility index (Phi) is 5.99. The molecule has 0 saturated heterocycles. The quantitative estimate of drug-likeness (QED) is 0.153. The van der Waals surface area contributed by atoms with E-state index in [1.165, 1.54) is 6.08 Å². The van der Waals surface area contributed by atoms with Crippen molar-refractivity contribution in [2.45, 2.75) is 13.8 Å². The molecule has 0 bridgehead atoms. The number of rotatable bonds is 6. The Balaban J connectivity index is 1.58. The van der Waals surface area contributed by atoms with E-state index in [0.29, 0.717) is 16.9 Å². The van der Waals surface area contributed by atoms with Gasteiger partial charge in [0.1, 0.15) is 17.5 Å². The Morgan fingerprint density at radius 2 is 1.94 bits per heavy atom. The van der Waals surface area contributed by atoms with Crippen LogP contribution in [0.15, 0.2) is 71.5 Å². The van der Waals surface area contributed by atoms with E-state index in [1.54, 1.807) is 13.4 Å². The number of fused-ring (bicyclic) bond motifs is 2. The van der Waals surface area contributed by atoms with Crippen molar-refractivity contribution in [3.8, 4) is 16.9 Å². The smallest absolute Gasteiger partial charge is 0.345 e. The van der Waals surface area contributed by atoms with E-state index in [4.69, 9.17) is 9.15 Å². The van der Waals surface area contributed by atoms with Crippen LogP contribution in [0, 0.1) is 17.0 Å². The molecule has 0 saturated carbocycles. The van der Waals surface area contributed by atoms with Gasteiger partial charge in [-0.2, -0.15) is 0 Å². The highest BCUT2D eigenvalue weighted by molar-refractivity contribution is 7.18. The number of nitro groups is 1. The summed E-state index contributed by atoms with van der Waals surface area (Å²) < 4.78 is 11.7. The van der Waals surface area contributed by atoms with Gasteiger partial charge >= 0.3 is 5.00 Å². The Bertz CT molecular complexity index is 1680. The highest BCUT2D eigenvalue weighted by atomic mass is 32.1. The van der Waals surface area contributed by atoms with Crippen LogP contribution < -0.4 is 10.1 Å². The summed E-state index contributed by atoms with van der Waals surface area (Å²) in [6.07, 6.45) is 4.29. The fourth-order valence-electron chi connectivity index (χ4n) is 4.36. The van der Waals surface area contributed by atoms with Crippen LogP contribution in [0.4, 0.5) is 10.1 Å². The number of carbonyl (C=O) groups excluding carboxylic acids is 1. The number of nitrogens with one attached hydrogen (secondary N) is 1. The summed E-state index contributed by atoms with van der Waals surface area (Å²) in [6.45, 7) is 3.73. The first kappa shape index (κ1) is 23.3. The van der Waals surface area contributed by atoms with E-state index < -0.39 is 10.8 Å². The summed E-state index contributed by atoms with van der Waals surface area (Å²) in [5, 5.41) is 16.6. The summed E-state index contributed by atoms with van der Waals surface area (Å²) in [7, 11) is 1.58. The standard InChI is InChI=1S/C27H21N3O5S/c1-15(11-23(31)29-27-28-13-24(36-27)30(32)33)20-12-21-22(14-35-26(21)16(2)25(20)34-3)19-10-6-8-17-7-4-5-9-18(17)19/h4-14H,1-3H3,(H,28,29,31)/b15-11+. The predicted molar refractivity (Wildman–Crippen MR) is 141 cm³/mol. The maximum Gasteiger partial charge on any atom is 0.345 e. The molecule has 9 heteroatoms. The van der Waals surface area contributed by atoms with Crippen LogP contribution in [-0.4, -0.2) is 22.9 Å². The van der Waals surface area contributed by atoms with Crippen molar-refractivity contribution in [1.82, 2.24) is 4.98 Å². The van der Waals surface area contributed by atoms with Crippen molar-refractivity contribution >= 4 is 54.7 Å². The van der Waals surface area contributed by atoms with Gasteiger partial charge in [-0.3, -0.25) is 20.2 Å². The van der Waals surface area contributed by atoms with Crippen molar-refractivity contribution in [2.24, 2.45) is 0 Å². The molecule has 0 radical (unpaired) electrons. The molecule has 1 amide bonds. The zero-order valence-corrected chi connectivity index (χ0v) is 20.5. The van der Waals surface area contributed by atoms with Crippen LogP contribution in [0.25, 0.3) is 38.4 Å². The Hall–Kier alpha value is -4.50. The molecule has 0 spiro atoms. The van der Waals surface area contributed by atoms with Crippen LogP contribution in [0.2, 0.25) is 0 Å². The number of aryl methyl sites for hydroxylation is 1. The fourth-order valence-corrected chi connectivity index (χ4v) is 5.00. The van der Waals surface area contributed by atoms with Gasteiger partial charge in [0.25, 0.3) is 0 Å². The van der Waals surface area contributed by atoms with Gasteiger partial charge in [-0.25, -0.2) is 4.98 Å². The average Bonchev–Trinajstić information content (AvgIpc) is 3.51. The Morgan fingerprint density at radius 1 is 1.17 bits per heavy atom. The molecule has 0 aliphatic rings. The number of ether oxygens (including phenoxy) is 1. The normalized spacial score (nSPS) is 11.7. The Morgan fingerprint density at radius 3 is 2.69 bits per heavy atom. The molecule has 0 aliphatic carbocycles. The second kappa shape index (κ2) is 9.27. The lowest BCUT2D eigenvalue weighted by atomic mass is 9.94. The minimum atomic E-state index is -0.546. The maximum absolute atomic E-state index is 12.7. The molecular weight excluding hydrogens is 478 g/mol. The van der Waals surface area contributed by atoms with Gasteiger partial charge in [-0.05, 0) is 53.2 Å². The highest BCUT2D eigenvalue weighted by Gasteiger charge is 2.20. The van der Waals surface area contributed by atoms with Crippen molar-refractivity contribution in [3.05, 3.63) is 88.3 Å². The third-order valence-corrected chi connectivity index (χ3v) is 6.87. The number of furan rings is 1. The number of aromatic nitrogens is 1. The molecule has 1 N–H and O–H groups in total. The number of carbonyl (C=O) groups is 1. The summed E-state index contributed by atoms with van der Waals surface area (Å²) in [5.74, 6) is 0.158. The van der Waals surface area contributed by atoms with E-state index in [2.05, 4.69) is 34.6 Å². The topological polar surface area (TPSA) is 108 Å². The van der Waals surface area contributed by atoms with Crippen molar-refractivity contribution in [1.29, 1.82) is 0 Å². The average molecular weight is 500 g/mol. The van der Waals surface area contributed by atoms with E-state index >= 15 is 0 Å². The van der Waals surface area contributed by atoms with Gasteiger partial charge in [0, 0.05) is 28.2 Å². The second-order valence-corrected chi connectivity index (χ2v) is 9.22. The Labute approximate surface area is 210 Å². The maximum atomic E-state index is 12.7. The molecule has 3 aromatic carbocycles. The number of allylic oxidation sites excluding steroid dienone is 1. The summed E-state index contributed by atoms with van der Waals surface area (Å²) >= 11 is 0.797. The van der Waals surface area contributed by atoms with E-state index in [0.717, 1.165) is 55.9 Å². The lowest BCUT2D eigenvalue weighted by molar-refractivity contribution is -0.380. The minimum absolute atomic E-state index is 0.144. The molecule has 5 rings (SSSR count). The van der Waals surface area contributed by atoms with Crippen LogP contribution >= 0.6 is 11.3 Å². The fraction of sp³-hybridized carbons (Fsp3) is 0.111. The third-order valence-electron chi connectivity index (χ3n) is 6.00. The molecule has 2 aromatic heterocycles. The van der Waals surface area contributed by atoms with Gasteiger partial charge in [-0.1, -0.05) is 42.5 Å². The molecular formula is C27H21N3O5S. The second-order valence-electron chi connectivity index (χ2n) is 8.21. The van der Waals surface area contributed by atoms with Gasteiger partial charge in [0.2, 0.25) is 5.91 Å². The van der Waals surface area contributed by atoms with E-state index in [9.17, 15) is 14.9 Å². The summed E-state index contributed by atoms with van der Waals surface area (Å²) in [4.78, 5) is 26.9. The molecule has 0 aliphatic heterocycles. The zero-order chi connectivity index (χ0) is 25.4. The number of anilines is 1. The number of amides is 1. The summed E-state index contributed by atoms with van der Waals surface area (Å²) in [5.41, 5.74) is 4.93. The zero-order valence-electron chi connectivity index (χ0n) is 19.7. The van der Waals surface area contributed by atoms with Crippen LogP contribution in [-0.2, 0) is 4.79 Å². The number of thiazole rings is 1. The number of hydrogen-bond acceptors (Lipinski definition) is 7. The van der Waals surface area contributed by atoms with Crippen molar-refractivity contribution in [3.63, 3.8) is 0 Å². The molecule has 0 atom stereocenters. The number of nitrogens with zero attached hydrogens (tertiary/aromatic N) is 2. The molecule has 0 unspecified atom stereocenters. The minimum Gasteiger partial charge on any atom is -0.496 e. The van der Waals surface area contributed by atoms with Crippen LogP contribution in [0.5, 0.6) is 5.75 Å². The van der Waals surface area contributed by atoms with E-state index in [1.807, 2.05) is 38.1 Å².